The van der Waals surface area contributed by atoms with Gasteiger partial charge in [0.25, 0.3) is 0 Å². The third kappa shape index (κ3) is 3.68. The molecular weight excluding hydrogens is 396 g/mol. The van der Waals surface area contributed by atoms with E-state index in [2.05, 4.69) is 29.2 Å². The van der Waals surface area contributed by atoms with Crippen LogP contribution in [0.4, 0.5) is 4.79 Å². The van der Waals surface area contributed by atoms with Gasteiger partial charge in [-0.25, -0.2) is 9.59 Å². The van der Waals surface area contributed by atoms with Crippen molar-refractivity contribution in [2.75, 3.05) is 32.8 Å². The smallest absolute Gasteiger partial charge is 0.410 e. The first kappa shape index (κ1) is 20.0. The van der Waals surface area contributed by atoms with Crippen molar-refractivity contribution in [2.45, 2.75) is 31.0 Å². The van der Waals surface area contributed by atoms with Gasteiger partial charge in [-0.3, -0.25) is 9.80 Å². The fourth-order valence-corrected chi connectivity index (χ4v) is 5.10. The number of fused-ring (bicyclic) bond motifs is 3. The minimum absolute atomic E-state index is 0.00922. The Morgan fingerprint density at radius 2 is 1.61 bits per heavy atom. The Bertz CT molecular complexity index is 942. The van der Waals surface area contributed by atoms with Gasteiger partial charge < -0.3 is 14.6 Å². The summed E-state index contributed by atoms with van der Waals surface area (Å²) in [6, 6.07) is 15.6. The predicted molar refractivity (Wildman–Crippen MR) is 114 cm³/mol. The minimum Gasteiger partial charge on any atom is -0.465 e. The molecule has 162 valence electrons. The van der Waals surface area contributed by atoms with E-state index in [1.807, 2.05) is 24.3 Å². The molecule has 2 aromatic carbocycles. The first-order chi connectivity index (χ1) is 15.1. The third-order valence-corrected chi connectivity index (χ3v) is 6.61. The van der Waals surface area contributed by atoms with Gasteiger partial charge >= 0.3 is 12.1 Å². The molecule has 2 saturated heterocycles. The van der Waals surface area contributed by atoms with E-state index < -0.39 is 24.3 Å². The van der Waals surface area contributed by atoms with Gasteiger partial charge in [0.1, 0.15) is 6.04 Å². The van der Waals surface area contributed by atoms with Gasteiger partial charge in [0.05, 0.1) is 13.2 Å². The molecule has 7 heteroatoms. The lowest BCUT2D eigenvalue weighted by atomic mass is 9.92. The van der Waals surface area contributed by atoms with E-state index in [1.165, 1.54) is 4.90 Å². The lowest BCUT2D eigenvalue weighted by molar-refractivity contribution is -0.143. The number of carboxylic acid groups (broad SMARTS) is 1. The van der Waals surface area contributed by atoms with Crippen molar-refractivity contribution >= 4 is 12.1 Å². The molecule has 2 atom stereocenters. The molecule has 0 aromatic heterocycles. The Labute approximate surface area is 181 Å². The summed E-state index contributed by atoms with van der Waals surface area (Å²) in [5.74, 6) is -0.453. The van der Waals surface area contributed by atoms with Crippen LogP contribution >= 0.6 is 0 Å². The summed E-state index contributed by atoms with van der Waals surface area (Å²) < 4.78 is 11.0. The molecule has 0 radical (unpaired) electrons. The Hall–Kier alpha value is -2.90. The van der Waals surface area contributed by atoms with Crippen LogP contribution in [0.5, 0.6) is 0 Å². The number of carbonyl (C=O) groups excluding carboxylic acids is 1. The molecule has 1 amide bonds. The number of hydrogen-bond donors (Lipinski definition) is 1. The summed E-state index contributed by atoms with van der Waals surface area (Å²) in [5.41, 5.74) is 4.64. The van der Waals surface area contributed by atoms with Crippen LogP contribution in [0.25, 0.3) is 11.1 Å². The topological polar surface area (TPSA) is 79.3 Å². The van der Waals surface area contributed by atoms with E-state index in [9.17, 15) is 14.7 Å². The Balaban J connectivity index is 1.36. The number of morpholine rings is 1. The number of esters is 1. The molecule has 1 aliphatic carbocycles. The van der Waals surface area contributed by atoms with Crippen LogP contribution in [0.15, 0.2) is 48.5 Å². The maximum absolute atomic E-state index is 12.7. The highest BCUT2D eigenvalue weighted by Gasteiger charge is 2.47. The van der Waals surface area contributed by atoms with E-state index in [1.54, 1.807) is 0 Å². The largest absolute Gasteiger partial charge is 0.465 e. The molecule has 3 aliphatic rings. The summed E-state index contributed by atoms with van der Waals surface area (Å²) in [4.78, 5) is 28.2. The molecule has 2 heterocycles. The van der Waals surface area contributed by atoms with Crippen LogP contribution < -0.4 is 0 Å². The Morgan fingerprint density at radius 1 is 1.00 bits per heavy atom. The molecule has 0 bridgehead atoms. The normalized spacial score (nSPS) is 23.5. The van der Waals surface area contributed by atoms with E-state index in [0.717, 1.165) is 35.3 Å². The van der Waals surface area contributed by atoms with E-state index in [4.69, 9.17) is 9.47 Å². The standard InChI is InChI=1S/C24H26N2O5/c27-23-21(9-10-25-11-13-30-14-12-25)26(24(28)29)22(31-23)15-20-18-7-3-1-5-16(18)17-6-2-4-8-19(17)20/h1-8,20-22H,9-15H2,(H,28,29). The minimum atomic E-state index is -1.11. The van der Waals surface area contributed by atoms with Crippen LogP contribution in [0.2, 0.25) is 0 Å². The lowest BCUT2D eigenvalue weighted by Gasteiger charge is -2.29. The third-order valence-electron chi connectivity index (χ3n) is 6.61. The number of carbonyl (C=O) groups is 2. The second kappa shape index (κ2) is 8.32. The van der Waals surface area contributed by atoms with E-state index >= 15 is 0 Å². The second-order valence-electron chi connectivity index (χ2n) is 8.30. The van der Waals surface area contributed by atoms with Crippen molar-refractivity contribution in [3.8, 4) is 11.1 Å². The van der Waals surface area contributed by atoms with Crippen LogP contribution in [0.3, 0.4) is 0 Å². The Kier molecular flexibility index (Phi) is 5.38. The van der Waals surface area contributed by atoms with Gasteiger partial charge in [-0.15, -0.1) is 0 Å². The van der Waals surface area contributed by atoms with Gasteiger partial charge in [-0.2, -0.15) is 0 Å². The molecule has 0 spiro atoms. The van der Waals surface area contributed by atoms with Crippen molar-refractivity contribution in [1.82, 2.24) is 9.80 Å². The highest BCUT2D eigenvalue weighted by atomic mass is 16.6. The van der Waals surface area contributed by atoms with Crippen molar-refractivity contribution in [3.05, 3.63) is 59.7 Å². The zero-order chi connectivity index (χ0) is 21.4. The second-order valence-corrected chi connectivity index (χ2v) is 8.30. The first-order valence-corrected chi connectivity index (χ1v) is 10.8. The van der Waals surface area contributed by atoms with Crippen molar-refractivity contribution < 1.29 is 24.2 Å². The van der Waals surface area contributed by atoms with Gasteiger partial charge in [0, 0.05) is 32.0 Å². The van der Waals surface area contributed by atoms with Crippen LogP contribution in [-0.2, 0) is 14.3 Å². The van der Waals surface area contributed by atoms with Gasteiger partial charge in [0.15, 0.2) is 6.23 Å². The highest BCUT2D eigenvalue weighted by molar-refractivity contribution is 5.84. The van der Waals surface area contributed by atoms with E-state index in [-0.39, 0.29) is 5.92 Å². The number of cyclic esters (lactones) is 1. The SMILES string of the molecule is O=C1OC(CC2c3ccccc3-c3ccccc32)N(C(=O)O)C1CCN1CCOCC1. The average molecular weight is 422 g/mol. The average Bonchev–Trinajstić information content (AvgIpc) is 3.28. The highest BCUT2D eigenvalue weighted by Crippen LogP contribution is 2.47. The van der Waals surface area contributed by atoms with Crippen LogP contribution in [0.1, 0.15) is 29.9 Å². The van der Waals surface area contributed by atoms with Crippen molar-refractivity contribution in [3.63, 3.8) is 0 Å². The van der Waals surface area contributed by atoms with Gasteiger partial charge in [0.2, 0.25) is 0 Å². The maximum Gasteiger partial charge on any atom is 0.410 e. The molecule has 2 fully saturated rings. The molecule has 2 aromatic rings. The van der Waals surface area contributed by atoms with Crippen LogP contribution in [0, 0.1) is 0 Å². The molecule has 31 heavy (non-hydrogen) atoms. The predicted octanol–water partition coefficient (Wildman–Crippen LogP) is 3.14. The molecule has 2 aliphatic heterocycles. The zero-order valence-corrected chi connectivity index (χ0v) is 17.3. The molecular formula is C24H26N2O5. The number of rotatable bonds is 5. The first-order valence-electron chi connectivity index (χ1n) is 10.8. The van der Waals surface area contributed by atoms with Crippen LogP contribution in [-0.4, -0.2) is 72.1 Å². The van der Waals surface area contributed by atoms with Crippen molar-refractivity contribution in [2.24, 2.45) is 0 Å². The van der Waals surface area contributed by atoms with Gasteiger partial charge in [-0.05, 0) is 28.7 Å². The number of nitrogens with zero attached hydrogens (tertiary/aromatic N) is 2. The summed E-state index contributed by atoms with van der Waals surface area (Å²) in [6.45, 7) is 3.58. The number of amides is 1. The Morgan fingerprint density at radius 3 is 2.23 bits per heavy atom. The monoisotopic (exact) mass is 422 g/mol. The molecule has 2 unspecified atom stereocenters. The number of hydrogen-bond acceptors (Lipinski definition) is 5. The van der Waals surface area contributed by atoms with Gasteiger partial charge in [-0.1, -0.05) is 48.5 Å². The maximum atomic E-state index is 12.7. The number of ether oxygens (including phenoxy) is 2. The quantitative estimate of drug-likeness (QED) is 0.746. The molecule has 1 N–H and O–H groups in total. The summed E-state index contributed by atoms with van der Waals surface area (Å²) in [5, 5.41) is 9.93. The summed E-state index contributed by atoms with van der Waals surface area (Å²) >= 11 is 0. The van der Waals surface area contributed by atoms with E-state index in [0.29, 0.717) is 32.6 Å². The molecule has 5 rings (SSSR count). The zero-order valence-electron chi connectivity index (χ0n) is 17.3. The van der Waals surface area contributed by atoms with Crippen molar-refractivity contribution in [1.29, 1.82) is 0 Å². The fraction of sp³-hybridized carbons (Fsp3) is 0.417. The summed E-state index contributed by atoms with van der Waals surface area (Å²) in [7, 11) is 0. The summed E-state index contributed by atoms with van der Waals surface area (Å²) in [6.07, 6.45) is -1.05. The fourth-order valence-electron chi connectivity index (χ4n) is 5.10. The lowest BCUT2D eigenvalue weighted by Crippen LogP contribution is -2.45. The molecule has 7 nitrogen and oxygen atoms in total. The molecule has 0 saturated carbocycles. The number of benzene rings is 2.